The van der Waals surface area contributed by atoms with Gasteiger partial charge in [-0.1, -0.05) is 5.16 Å². The van der Waals surface area contributed by atoms with Crippen LogP contribution in [0.3, 0.4) is 0 Å². The average molecular weight is 256 g/mol. The molecule has 3 heterocycles. The fourth-order valence-electron chi connectivity index (χ4n) is 1.69. The molecule has 3 aromatic rings. The molecule has 0 saturated heterocycles. The first-order valence-corrected chi connectivity index (χ1v) is 5.74. The van der Waals surface area contributed by atoms with E-state index in [9.17, 15) is 0 Å². The SMILES string of the molecule is Cc1ccnc(-c2noc(Cn3cc(N)cn3)n2)c1. The van der Waals surface area contributed by atoms with E-state index < -0.39 is 0 Å². The molecule has 0 fully saturated rings. The highest BCUT2D eigenvalue weighted by Crippen LogP contribution is 2.14. The Kier molecular flexibility index (Phi) is 2.71. The first-order chi connectivity index (χ1) is 9.20. The first kappa shape index (κ1) is 11.4. The van der Waals surface area contributed by atoms with Gasteiger partial charge in [0.2, 0.25) is 11.7 Å². The number of pyridine rings is 1. The molecule has 0 aliphatic carbocycles. The Morgan fingerprint density at radius 3 is 3.05 bits per heavy atom. The lowest BCUT2D eigenvalue weighted by atomic mass is 10.2. The van der Waals surface area contributed by atoms with Crippen molar-refractivity contribution in [1.29, 1.82) is 0 Å². The second kappa shape index (κ2) is 4.52. The zero-order valence-corrected chi connectivity index (χ0v) is 10.3. The van der Waals surface area contributed by atoms with E-state index in [0.29, 0.717) is 29.6 Å². The van der Waals surface area contributed by atoms with Crippen molar-refractivity contribution in [3.05, 3.63) is 42.2 Å². The molecule has 0 unspecified atom stereocenters. The molecule has 0 aromatic carbocycles. The summed E-state index contributed by atoms with van der Waals surface area (Å²) in [5, 5.41) is 7.96. The zero-order valence-electron chi connectivity index (χ0n) is 10.3. The molecule has 7 nitrogen and oxygen atoms in total. The van der Waals surface area contributed by atoms with E-state index in [2.05, 4.69) is 20.2 Å². The Bertz CT molecular complexity index is 702. The number of anilines is 1. The van der Waals surface area contributed by atoms with Crippen LogP contribution in [0.1, 0.15) is 11.5 Å². The van der Waals surface area contributed by atoms with Gasteiger partial charge < -0.3 is 10.3 Å². The van der Waals surface area contributed by atoms with Gasteiger partial charge >= 0.3 is 0 Å². The normalized spacial score (nSPS) is 10.8. The predicted molar refractivity (Wildman–Crippen MR) is 68.0 cm³/mol. The Morgan fingerprint density at radius 2 is 2.32 bits per heavy atom. The van der Waals surface area contributed by atoms with Gasteiger partial charge in [-0.2, -0.15) is 10.1 Å². The summed E-state index contributed by atoms with van der Waals surface area (Å²) in [5.74, 6) is 0.931. The fraction of sp³-hybridized carbons (Fsp3) is 0.167. The Hall–Kier alpha value is -2.70. The Balaban J connectivity index is 1.83. The second-order valence-electron chi connectivity index (χ2n) is 4.20. The van der Waals surface area contributed by atoms with Crippen molar-refractivity contribution in [3.8, 4) is 11.5 Å². The largest absolute Gasteiger partial charge is 0.396 e. The number of hydrogen-bond acceptors (Lipinski definition) is 6. The van der Waals surface area contributed by atoms with Crippen molar-refractivity contribution in [3.63, 3.8) is 0 Å². The van der Waals surface area contributed by atoms with Crippen LogP contribution in [-0.4, -0.2) is 24.9 Å². The smallest absolute Gasteiger partial charge is 0.248 e. The fourth-order valence-corrected chi connectivity index (χ4v) is 1.69. The average Bonchev–Trinajstić information content (AvgIpc) is 2.99. The van der Waals surface area contributed by atoms with E-state index in [0.717, 1.165) is 5.56 Å². The van der Waals surface area contributed by atoms with E-state index in [1.165, 1.54) is 0 Å². The Labute approximate surface area is 109 Å². The van der Waals surface area contributed by atoms with Gasteiger partial charge in [0.15, 0.2) is 0 Å². The van der Waals surface area contributed by atoms with Crippen LogP contribution in [0.2, 0.25) is 0 Å². The van der Waals surface area contributed by atoms with Crippen molar-refractivity contribution in [1.82, 2.24) is 24.9 Å². The van der Waals surface area contributed by atoms with Gasteiger partial charge in [-0.05, 0) is 24.6 Å². The molecule has 0 aliphatic rings. The van der Waals surface area contributed by atoms with Gasteiger partial charge in [0, 0.05) is 12.4 Å². The lowest BCUT2D eigenvalue weighted by Crippen LogP contribution is -2.00. The molecule has 19 heavy (non-hydrogen) atoms. The van der Waals surface area contributed by atoms with E-state index >= 15 is 0 Å². The molecule has 7 heteroatoms. The molecule has 0 spiro atoms. The van der Waals surface area contributed by atoms with E-state index in [-0.39, 0.29) is 0 Å². The topological polar surface area (TPSA) is 95.7 Å². The highest BCUT2D eigenvalue weighted by atomic mass is 16.5. The summed E-state index contributed by atoms with van der Waals surface area (Å²) in [6.07, 6.45) is 4.99. The molecule has 0 amide bonds. The van der Waals surface area contributed by atoms with E-state index in [1.807, 2.05) is 19.1 Å². The van der Waals surface area contributed by atoms with Gasteiger partial charge in [0.25, 0.3) is 0 Å². The molecule has 2 N–H and O–H groups in total. The quantitative estimate of drug-likeness (QED) is 0.758. The third-order valence-corrected chi connectivity index (χ3v) is 2.56. The molecule has 0 aliphatic heterocycles. The van der Waals surface area contributed by atoms with Crippen molar-refractivity contribution in [2.24, 2.45) is 0 Å². The van der Waals surface area contributed by atoms with Gasteiger partial charge in [-0.15, -0.1) is 0 Å². The summed E-state index contributed by atoms with van der Waals surface area (Å²) in [6, 6.07) is 3.82. The standard InChI is InChI=1S/C12H12N6O/c1-8-2-3-14-10(4-8)12-16-11(19-17-12)7-18-6-9(13)5-15-18/h2-6H,7,13H2,1H3. The molecular weight excluding hydrogens is 244 g/mol. The van der Waals surface area contributed by atoms with Crippen LogP contribution in [0.5, 0.6) is 0 Å². The van der Waals surface area contributed by atoms with Crippen molar-refractivity contribution in [2.45, 2.75) is 13.5 Å². The maximum Gasteiger partial charge on any atom is 0.248 e. The number of nitrogens with zero attached hydrogens (tertiary/aromatic N) is 5. The number of rotatable bonds is 3. The van der Waals surface area contributed by atoms with Gasteiger partial charge in [-0.3, -0.25) is 9.67 Å². The molecular formula is C12H12N6O. The van der Waals surface area contributed by atoms with Crippen molar-refractivity contribution in [2.75, 3.05) is 5.73 Å². The monoisotopic (exact) mass is 256 g/mol. The number of nitrogens with two attached hydrogens (primary N) is 1. The van der Waals surface area contributed by atoms with E-state index in [1.54, 1.807) is 23.3 Å². The van der Waals surface area contributed by atoms with Gasteiger partial charge in [0.05, 0.1) is 11.9 Å². The van der Waals surface area contributed by atoms with Crippen LogP contribution >= 0.6 is 0 Å². The van der Waals surface area contributed by atoms with Crippen LogP contribution in [0.15, 0.2) is 35.2 Å². The van der Waals surface area contributed by atoms with E-state index in [4.69, 9.17) is 10.3 Å². The lowest BCUT2D eigenvalue weighted by molar-refractivity contribution is 0.366. The number of hydrogen-bond donors (Lipinski definition) is 1. The Morgan fingerprint density at radius 1 is 1.42 bits per heavy atom. The highest BCUT2D eigenvalue weighted by molar-refractivity contribution is 5.48. The summed E-state index contributed by atoms with van der Waals surface area (Å²) in [5.41, 5.74) is 7.97. The molecule has 0 bridgehead atoms. The maximum absolute atomic E-state index is 5.59. The van der Waals surface area contributed by atoms with Crippen LogP contribution in [0.25, 0.3) is 11.5 Å². The summed E-state index contributed by atoms with van der Waals surface area (Å²) < 4.78 is 6.80. The number of aryl methyl sites for hydroxylation is 1. The lowest BCUT2D eigenvalue weighted by Gasteiger charge is -1.95. The minimum atomic E-state index is 0.385. The maximum atomic E-state index is 5.59. The summed E-state index contributed by atoms with van der Waals surface area (Å²) in [4.78, 5) is 8.49. The predicted octanol–water partition coefficient (Wildman–Crippen LogP) is 1.27. The number of aromatic nitrogens is 5. The van der Waals surface area contributed by atoms with Crippen molar-refractivity contribution >= 4 is 5.69 Å². The van der Waals surface area contributed by atoms with Gasteiger partial charge in [0.1, 0.15) is 12.2 Å². The third kappa shape index (κ3) is 2.44. The first-order valence-electron chi connectivity index (χ1n) is 5.74. The summed E-state index contributed by atoms with van der Waals surface area (Å²) >= 11 is 0. The van der Waals surface area contributed by atoms with Crippen LogP contribution in [-0.2, 0) is 6.54 Å². The summed E-state index contributed by atoms with van der Waals surface area (Å²) in [7, 11) is 0. The molecule has 0 atom stereocenters. The molecule has 96 valence electrons. The molecule has 0 saturated carbocycles. The summed E-state index contributed by atoms with van der Waals surface area (Å²) in [6.45, 7) is 2.37. The molecule has 3 aromatic heterocycles. The minimum absolute atomic E-state index is 0.385. The van der Waals surface area contributed by atoms with Crippen LogP contribution in [0.4, 0.5) is 5.69 Å². The van der Waals surface area contributed by atoms with Gasteiger partial charge in [-0.25, -0.2) is 0 Å². The molecule has 0 radical (unpaired) electrons. The zero-order chi connectivity index (χ0) is 13.2. The van der Waals surface area contributed by atoms with Crippen LogP contribution < -0.4 is 5.73 Å². The van der Waals surface area contributed by atoms with Crippen molar-refractivity contribution < 1.29 is 4.52 Å². The minimum Gasteiger partial charge on any atom is -0.396 e. The second-order valence-corrected chi connectivity index (χ2v) is 4.20. The third-order valence-electron chi connectivity index (χ3n) is 2.56. The number of nitrogen functional groups attached to an aromatic ring is 1. The molecule has 3 rings (SSSR count). The highest BCUT2D eigenvalue weighted by Gasteiger charge is 2.10. The van der Waals surface area contributed by atoms with Crippen LogP contribution in [0, 0.1) is 6.92 Å².